The lowest BCUT2D eigenvalue weighted by Crippen LogP contribution is -2.43. The van der Waals surface area contributed by atoms with Crippen molar-refractivity contribution in [3.8, 4) is 0 Å². The van der Waals surface area contributed by atoms with E-state index in [4.69, 9.17) is 4.74 Å². The summed E-state index contributed by atoms with van der Waals surface area (Å²) in [7, 11) is 1.80. The van der Waals surface area contributed by atoms with E-state index in [-0.39, 0.29) is 6.09 Å². The Labute approximate surface area is 132 Å². The molecule has 0 spiro atoms. The molecule has 1 unspecified atom stereocenters. The van der Waals surface area contributed by atoms with E-state index in [1.54, 1.807) is 30.5 Å². The number of amides is 1. The lowest BCUT2D eigenvalue weighted by molar-refractivity contribution is 0.0269. The molecule has 0 N–H and O–H groups in total. The van der Waals surface area contributed by atoms with Crippen molar-refractivity contribution in [3.05, 3.63) is 18.6 Å². The van der Waals surface area contributed by atoms with Crippen LogP contribution in [0.15, 0.2) is 18.6 Å². The summed E-state index contributed by atoms with van der Waals surface area (Å²) < 4.78 is 5.40. The zero-order valence-electron chi connectivity index (χ0n) is 14.0. The number of rotatable bonds is 3. The highest BCUT2D eigenvalue weighted by Gasteiger charge is 2.25. The monoisotopic (exact) mass is 306 g/mol. The summed E-state index contributed by atoms with van der Waals surface area (Å²) in [6.07, 6.45) is 7.14. The molecule has 22 heavy (non-hydrogen) atoms. The summed E-state index contributed by atoms with van der Waals surface area (Å²) in [6.45, 7) is 8.24. The third-order valence-corrected chi connectivity index (χ3v) is 3.63. The summed E-state index contributed by atoms with van der Waals surface area (Å²) in [5.41, 5.74) is -0.455. The number of hydrogen-bond acceptors (Lipinski definition) is 5. The molecule has 0 bridgehead atoms. The third kappa shape index (κ3) is 4.86. The van der Waals surface area contributed by atoms with Crippen LogP contribution in [0.1, 0.15) is 33.6 Å². The maximum Gasteiger partial charge on any atom is 0.410 e. The summed E-state index contributed by atoms with van der Waals surface area (Å²) >= 11 is 0. The fourth-order valence-corrected chi connectivity index (χ4v) is 2.68. The van der Waals surface area contributed by atoms with Gasteiger partial charge in [0, 0.05) is 39.1 Å². The molecule has 1 aliphatic heterocycles. The van der Waals surface area contributed by atoms with Gasteiger partial charge in [-0.25, -0.2) is 9.78 Å². The SMILES string of the molecule is CN(CC1CCCN(c2cnccn2)C1)C(=O)OC(C)(C)C. The quantitative estimate of drug-likeness (QED) is 0.859. The predicted octanol–water partition coefficient (Wildman–Crippen LogP) is 2.56. The number of carbonyl (C=O) groups is 1. The minimum Gasteiger partial charge on any atom is -0.444 e. The molecular weight excluding hydrogens is 280 g/mol. The second-order valence-corrected chi connectivity index (χ2v) is 6.88. The summed E-state index contributed by atoms with van der Waals surface area (Å²) in [6, 6.07) is 0. The summed E-state index contributed by atoms with van der Waals surface area (Å²) in [4.78, 5) is 24.5. The number of aromatic nitrogens is 2. The molecular formula is C16H26N4O2. The smallest absolute Gasteiger partial charge is 0.410 e. The van der Waals surface area contributed by atoms with Crippen molar-refractivity contribution in [3.63, 3.8) is 0 Å². The van der Waals surface area contributed by atoms with E-state index in [0.29, 0.717) is 12.5 Å². The second kappa shape index (κ2) is 6.94. The second-order valence-electron chi connectivity index (χ2n) is 6.88. The third-order valence-electron chi connectivity index (χ3n) is 3.63. The van der Waals surface area contributed by atoms with Crippen molar-refractivity contribution in [1.82, 2.24) is 14.9 Å². The standard InChI is InChI=1S/C16H26N4O2/c1-16(2,3)22-15(21)19(4)11-13-6-5-9-20(12-13)14-10-17-7-8-18-14/h7-8,10,13H,5-6,9,11-12H2,1-4H3. The lowest BCUT2D eigenvalue weighted by atomic mass is 9.97. The number of nitrogens with zero attached hydrogens (tertiary/aromatic N) is 4. The number of carbonyl (C=O) groups excluding carboxylic acids is 1. The molecule has 2 rings (SSSR count). The van der Waals surface area contributed by atoms with Gasteiger partial charge in [-0.2, -0.15) is 0 Å². The van der Waals surface area contributed by atoms with Gasteiger partial charge < -0.3 is 14.5 Å². The van der Waals surface area contributed by atoms with Gasteiger partial charge in [0.25, 0.3) is 0 Å². The van der Waals surface area contributed by atoms with Crippen LogP contribution in [-0.2, 0) is 4.74 Å². The van der Waals surface area contributed by atoms with Crippen LogP contribution < -0.4 is 4.90 Å². The maximum absolute atomic E-state index is 12.1. The maximum atomic E-state index is 12.1. The van der Waals surface area contributed by atoms with E-state index in [0.717, 1.165) is 31.7 Å². The van der Waals surface area contributed by atoms with Crippen molar-refractivity contribution in [1.29, 1.82) is 0 Å². The van der Waals surface area contributed by atoms with Crippen LogP contribution in [0.5, 0.6) is 0 Å². The van der Waals surface area contributed by atoms with Gasteiger partial charge in [-0.3, -0.25) is 4.98 Å². The Hall–Kier alpha value is -1.85. The first kappa shape index (κ1) is 16.5. The minimum absolute atomic E-state index is 0.260. The van der Waals surface area contributed by atoms with Gasteiger partial charge in [-0.15, -0.1) is 0 Å². The lowest BCUT2D eigenvalue weighted by Gasteiger charge is -2.35. The van der Waals surface area contributed by atoms with Gasteiger partial charge >= 0.3 is 6.09 Å². The van der Waals surface area contributed by atoms with Gasteiger partial charge in [0.05, 0.1) is 6.20 Å². The average Bonchev–Trinajstić information content (AvgIpc) is 2.46. The van der Waals surface area contributed by atoms with Gasteiger partial charge in [0.2, 0.25) is 0 Å². The molecule has 0 saturated carbocycles. The number of ether oxygens (including phenoxy) is 1. The Bertz CT molecular complexity index is 487. The molecule has 1 aromatic heterocycles. The molecule has 0 aromatic carbocycles. The molecule has 122 valence electrons. The molecule has 6 heteroatoms. The van der Waals surface area contributed by atoms with Crippen LogP contribution in [0, 0.1) is 5.92 Å². The van der Waals surface area contributed by atoms with E-state index in [1.807, 2.05) is 20.8 Å². The van der Waals surface area contributed by atoms with E-state index in [9.17, 15) is 4.79 Å². The molecule has 1 amide bonds. The van der Waals surface area contributed by atoms with Crippen molar-refractivity contribution < 1.29 is 9.53 Å². The molecule has 0 radical (unpaired) electrons. The first-order valence-electron chi connectivity index (χ1n) is 7.80. The van der Waals surface area contributed by atoms with E-state index in [2.05, 4.69) is 14.9 Å². The van der Waals surface area contributed by atoms with Crippen molar-refractivity contribution in [2.45, 2.75) is 39.2 Å². The molecule has 1 saturated heterocycles. The molecule has 1 aliphatic rings. The van der Waals surface area contributed by atoms with Crippen LogP contribution in [0.25, 0.3) is 0 Å². The highest BCUT2D eigenvalue weighted by molar-refractivity contribution is 5.67. The summed E-state index contributed by atoms with van der Waals surface area (Å²) in [5.74, 6) is 1.33. The van der Waals surface area contributed by atoms with E-state index < -0.39 is 5.60 Å². The fourth-order valence-electron chi connectivity index (χ4n) is 2.68. The number of hydrogen-bond donors (Lipinski definition) is 0. The zero-order valence-corrected chi connectivity index (χ0v) is 14.0. The topological polar surface area (TPSA) is 58.6 Å². The molecule has 6 nitrogen and oxygen atoms in total. The first-order chi connectivity index (χ1) is 10.3. The Morgan fingerprint density at radius 3 is 2.86 bits per heavy atom. The molecule has 1 fully saturated rings. The van der Waals surface area contributed by atoms with Crippen LogP contribution >= 0.6 is 0 Å². The van der Waals surface area contributed by atoms with Crippen molar-refractivity contribution in [2.24, 2.45) is 5.92 Å². The molecule has 1 aromatic rings. The normalized spacial score (nSPS) is 18.9. The average molecular weight is 306 g/mol. The Kier molecular flexibility index (Phi) is 5.21. The van der Waals surface area contributed by atoms with Crippen LogP contribution in [0.2, 0.25) is 0 Å². The zero-order chi connectivity index (χ0) is 16.2. The number of anilines is 1. The highest BCUT2D eigenvalue weighted by atomic mass is 16.6. The predicted molar refractivity (Wildman–Crippen MR) is 85.8 cm³/mol. The fraction of sp³-hybridized carbons (Fsp3) is 0.688. The highest BCUT2D eigenvalue weighted by Crippen LogP contribution is 2.22. The van der Waals surface area contributed by atoms with Gasteiger partial charge in [0.15, 0.2) is 0 Å². The Morgan fingerprint density at radius 2 is 2.23 bits per heavy atom. The van der Waals surface area contributed by atoms with Crippen LogP contribution in [0.4, 0.5) is 10.6 Å². The van der Waals surface area contributed by atoms with E-state index >= 15 is 0 Å². The molecule has 1 atom stereocenters. The molecule has 0 aliphatic carbocycles. The Balaban J connectivity index is 1.89. The van der Waals surface area contributed by atoms with Crippen molar-refractivity contribution >= 4 is 11.9 Å². The van der Waals surface area contributed by atoms with Crippen LogP contribution in [-0.4, -0.2) is 53.2 Å². The van der Waals surface area contributed by atoms with Gasteiger partial charge in [0.1, 0.15) is 11.4 Å². The van der Waals surface area contributed by atoms with Crippen LogP contribution in [0.3, 0.4) is 0 Å². The minimum atomic E-state index is -0.455. The van der Waals surface area contributed by atoms with Gasteiger partial charge in [-0.05, 0) is 39.5 Å². The number of piperidine rings is 1. The van der Waals surface area contributed by atoms with Gasteiger partial charge in [-0.1, -0.05) is 0 Å². The summed E-state index contributed by atoms with van der Waals surface area (Å²) in [5, 5.41) is 0. The van der Waals surface area contributed by atoms with E-state index in [1.165, 1.54) is 0 Å². The van der Waals surface area contributed by atoms with Crippen molar-refractivity contribution in [2.75, 3.05) is 31.6 Å². The first-order valence-corrected chi connectivity index (χ1v) is 7.80. The molecule has 2 heterocycles. The largest absolute Gasteiger partial charge is 0.444 e. The Morgan fingerprint density at radius 1 is 1.45 bits per heavy atom.